The molecule has 1 aromatic carbocycles. The minimum atomic E-state index is -0.668. The predicted octanol–water partition coefficient (Wildman–Crippen LogP) is 4.64. The van der Waals surface area contributed by atoms with Gasteiger partial charge in [0, 0.05) is 24.8 Å². The first-order valence-corrected chi connectivity index (χ1v) is 8.68. The van der Waals surface area contributed by atoms with Crippen LogP contribution in [-0.4, -0.2) is 35.8 Å². The van der Waals surface area contributed by atoms with Gasteiger partial charge in [-0.15, -0.1) is 0 Å². The minimum absolute atomic E-state index is 0.0307. The minimum Gasteiger partial charge on any atom is -0.444 e. The summed E-state index contributed by atoms with van der Waals surface area (Å²) in [6.07, 6.45) is 0.728. The Hall–Kier alpha value is -1.21. The number of carbonyl (C=O) groups excluding carboxylic acids is 1. The lowest BCUT2D eigenvalue weighted by atomic mass is 10.1. The van der Waals surface area contributed by atoms with Gasteiger partial charge < -0.3 is 14.4 Å². The predicted molar refractivity (Wildman–Crippen MR) is 89.7 cm³/mol. The van der Waals surface area contributed by atoms with Crippen molar-refractivity contribution in [2.75, 3.05) is 13.2 Å². The topological polar surface area (TPSA) is 38.8 Å². The Morgan fingerprint density at radius 1 is 1.29 bits per heavy atom. The van der Waals surface area contributed by atoms with Gasteiger partial charge in [-0.25, -0.2) is 13.6 Å². The monoisotopic (exact) mass is 405 g/mol. The van der Waals surface area contributed by atoms with Crippen molar-refractivity contribution in [1.29, 1.82) is 0 Å². The molecule has 0 spiro atoms. The number of amides is 1. The highest BCUT2D eigenvalue weighted by molar-refractivity contribution is 9.10. The van der Waals surface area contributed by atoms with Crippen LogP contribution in [0.1, 0.15) is 39.2 Å². The van der Waals surface area contributed by atoms with Gasteiger partial charge in [-0.05, 0) is 61.7 Å². The highest BCUT2D eigenvalue weighted by Crippen LogP contribution is 2.28. The molecule has 0 radical (unpaired) electrons. The van der Waals surface area contributed by atoms with Crippen molar-refractivity contribution in [2.24, 2.45) is 0 Å². The van der Waals surface area contributed by atoms with Gasteiger partial charge in [0.25, 0.3) is 0 Å². The maximum absolute atomic E-state index is 14.2. The molecule has 1 aromatic rings. The zero-order valence-electron chi connectivity index (χ0n) is 14.1. The third-order valence-electron chi connectivity index (χ3n) is 3.73. The molecule has 0 atom stereocenters. The maximum Gasteiger partial charge on any atom is 0.410 e. The van der Waals surface area contributed by atoms with Crippen LogP contribution in [0.2, 0.25) is 0 Å². The molecule has 0 aliphatic carbocycles. The summed E-state index contributed by atoms with van der Waals surface area (Å²) in [4.78, 5) is 14.1. The lowest BCUT2D eigenvalue weighted by Crippen LogP contribution is -2.45. The second kappa shape index (κ2) is 7.78. The van der Waals surface area contributed by atoms with Crippen LogP contribution in [0.3, 0.4) is 0 Å². The summed E-state index contributed by atoms with van der Waals surface area (Å²) in [5.74, 6) is -1.13. The van der Waals surface area contributed by atoms with Gasteiger partial charge in [-0.2, -0.15) is 0 Å². The molecule has 1 saturated heterocycles. The standard InChI is InChI=1S/C17H22BrF2NO3/c1-17(2,3)24-16(22)21(11-6-8-23-9-7-11)10-12-13(19)4-5-14(20)15(12)18/h4-5,11H,6-10H2,1-3H3. The first kappa shape index (κ1) is 19.1. The molecular weight excluding hydrogens is 384 g/mol. The second-order valence-electron chi connectivity index (χ2n) is 6.77. The van der Waals surface area contributed by atoms with Gasteiger partial charge in [0.05, 0.1) is 11.0 Å². The molecule has 0 bridgehead atoms. The van der Waals surface area contributed by atoms with Gasteiger partial charge >= 0.3 is 6.09 Å². The normalized spacial score (nSPS) is 16.1. The third kappa shape index (κ3) is 4.89. The SMILES string of the molecule is CC(C)(C)OC(=O)N(Cc1c(F)ccc(F)c1Br)C1CCOCC1. The fraction of sp³-hybridized carbons (Fsp3) is 0.588. The van der Waals surface area contributed by atoms with Gasteiger partial charge in [0.15, 0.2) is 0 Å². The van der Waals surface area contributed by atoms with Gasteiger partial charge in [-0.3, -0.25) is 0 Å². The number of benzene rings is 1. The van der Waals surface area contributed by atoms with Crippen LogP contribution in [0.25, 0.3) is 0 Å². The van der Waals surface area contributed by atoms with Crippen LogP contribution in [-0.2, 0) is 16.0 Å². The number of halogens is 3. The Balaban J connectivity index is 2.29. The molecule has 2 rings (SSSR count). The number of carbonyl (C=O) groups is 1. The van der Waals surface area contributed by atoms with E-state index < -0.39 is 23.3 Å². The summed E-state index contributed by atoms with van der Waals surface area (Å²) in [6, 6.07) is 1.98. The van der Waals surface area contributed by atoms with E-state index in [2.05, 4.69) is 15.9 Å². The zero-order chi connectivity index (χ0) is 17.9. The summed E-state index contributed by atoms with van der Waals surface area (Å²) in [5.41, 5.74) is -0.564. The molecule has 1 fully saturated rings. The van der Waals surface area contributed by atoms with Crippen LogP contribution in [0.15, 0.2) is 16.6 Å². The van der Waals surface area contributed by atoms with Crippen LogP contribution in [0.5, 0.6) is 0 Å². The van der Waals surface area contributed by atoms with Crippen molar-refractivity contribution >= 4 is 22.0 Å². The lowest BCUT2D eigenvalue weighted by Gasteiger charge is -2.35. The molecule has 1 aliphatic rings. The van der Waals surface area contributed by atoms with E-state index in [1.807, 2.05) is 0 Å². The van der Waals surface area contributed by atoms with Gasteiger partial charge in [0.2, 0.25) is 0 Å². The molecule has 1 amide bonds. The first-order chi connectivity index (χ1) is 11.2. The van der Waals surface area contributed by atoms with Crippen molar-refractivity contribution in [3.05, 3.63) is 33.8 Å². The summed E-state index contributed by atoms with van der Waals surface area (Å²) >= 11 is 3.08. The number of hydrogen-bond acceptors (Lipinski definition) is 3. The smallest absolute Gasteiger partial charge is 0.410 e. The molecule has 0 N–H and O–H groups in total. The molecule has 0 unspecified atom stereocenters. The third-order valence-corrected chi connectivity index (χ3v) is 4.58. The molecule has 4 nitrogen and oxygen atoms in total. The van der Waals surface area contributed by atoms with E-state index in [0.29, 0.717) is 26.1 Å². The van der Waals surface area contributed by atoms with E-state index in [1.54, 1.807) is 20.8 Å². The Labute approximate surface area is 149 Å². The molecule has 1 heterocycles. The van der Waals surface area contributed by atoms with Crippen molar-refractivity contribution in [3.8, 4) is 0 Å². The Kier molecular flexibility index (Phi) is 6.20. The zero-order valence-corrected chi connectivity index (χ0v) is 15.7. The Morgan fingerprint density at radius 2 is 1.88 bits per heavy atom. The largest absolute Gasteiger partial charge is 0.444 e. The average molecular weight is 406 g/mol. The summed E-state index contributed by atoms with van der Waals surface area (Å²) in [6.45, 7) is 6.29. The number of ether oxygens (including phenoxy) is 2. The number of hydrogen-bond donors (Lipinski definition) is 0. The van der Waals surface area contributed by atoms with E-state index in [0.717, 1.165) is 12.1 Å². The number of rotatable bonds is 3. The summed E-state index contributed by atoms with van der Waals surface area (Å²) < 4.78 is 38.7. The molecule has 0 aromatic heterocycles. The van der Waals surface area contributed by atoms with Crippen molar-refractivity contribution in [2.45, 2.75) is 51.8 Å². The Bertz CT molecular complexity index is 598. The van der Waals surface area contributed by atoms with E-state index in [9.17, 15) is 13.6 Å². The van der Waals surface area contributed by atoms with E-state index in [4.69, 9.17) is 9.47 Å². The number of nitrogens with zero attached hydrogens (tertiary/aromatic N) is 1. The quantitative estimate of drug-likeness (QED) is 0.687. The van der Waals surface area contributed by atoms with Crippen molar-refractivity contribution in [3.63, 3.8) is 0 Å². The Morgan fingerprint density at radius 3 is 2.46 bits per heavy atom. The fourth-order valence-corrected chi connectivity index (χ4v) is 2.99. The molecular formula is C17H22BrF2NO3. The summed E-state index contributed by atoms with van der Waals surface area (Å²) in [7, 11) is 0. The summed E-state index contributed by atoms with van der Waals surface area (Å²) in [5, 5.41) is 0. The average Bonchev–Trinajstić information content (AvgIpc) is 2.50. The molecule has 0 saturated carbocycles. The maximum atomic E-state index is 14.2. The highest BCUT2D eigenvalue weighted by Gasteiger charge is 2.31. The van der Waals surface area contributed by atoms with E-state index in [1.165, 1.54) is 4.90 Å². The molecule has 134 valence electrons. The van der Waals surface area contributed by atoms with E-state index >= 15 is 0 Å². The van der Waals surface area contributed by atoms with Crippen molar-refractivity contribution < 1.29 is 23.0 Å². The lowest BCUT2D eigenvalue weighted by molar-refractivity contribution is -0.00839. The van der Waals surface area contributed by atoms with Crippen LogP contribution in [0, 0.1) is 11.6 Å². The first-order valence-electron chi connectivity index (χ1n) is 7.89. The van der Waals surface area contributed by atoms with Gasteiger partial charge in [-0.1, -0.05) is 0 Å². The van der Waals surface area contributed by atoms with Crippen molar-refractivity contribution in [1.82, 2.24) is 4.90 Å². The highest BCUT2D eigenvalue weighted by atomic mass is 79.9. The fourth-order valence-electron chi connectivity index (χ4n) is 2.54. The van der Waals surface area contributed by atoms with E-state index in [-0.39, 0.29) is 22.6 Å². The molecule has 1 aliphatic heterocycles. The van der Waals surface area contributed by atoms with Gasteiger partial charge in [0.1, 0.15) is 17.2 Å². The molecule has 7 heteroatoms. The second-order valence-corrected chi connectivity index (χ2v) is 7.57. The molecule has 24 heavy (non-hydrogen) atoms. The van der Waals surface area contributed by atoms with Crippen LogP contribution in [0.4, 0.5) is 13.6 Å². The van der Waals surface area contributed by atoms with Crippen LogP contribution >= 0.6 is 15.9 Å². The van der Waals surface area contributed by atoms with Crippen LogP contribution < -0.4 is 0 Å².